The van der Waals surface area contributed by atoms with E-state index < -0.39 is 0 Å². The minimum Gasteiger partial charge on any atom is -0.350 e. The van der Waals surface area contributed by atoms with Gasteiger partial charge in [-0.05, 0) is 79.4 Å². The molecule has 1 aliphatic rings. The van der Waals surface area contributed by atoms with E-state index in [9.17, 15) is 9.59 Å². The van der Waals surface area contributed by atoms with Crippen LogP contribution in [0.15, 0.2) is 95.9 Å². The molecule has 40 heavy (non-hydrogen) atoms. The summed E-state index contributed by atoms with van der Waals surface area (Å²) in [6.45, 7) is 2.35. The molecule has 0 atom stereocenters. The zero-order valence-electron chi connectivity index (χ0n) is 22.4. The molecule has 5 aromatic rings. The van der Waals surface area contributed by atoms with Gasteiger partial charge in [-0.3, -0.25) is 14.6 Å². The number of pyridine rings is 1. The maximum Gasteiger partial charge on any atom is 0.290 e. The lowest BCUT2D eigenvalue weighted by Crippen LogP contribution is -2.32. The van der Waals surface area contributed by atoms with Gasteiger partial charge in [0.15, 0.2) is 0 Å². The van der Waals surface area contributed by atoms with E-state index in [1.807, 2.05) is 85.8 Å². The van der Waals surface area contributed by atoms with Crippen LogP contribution in [0.5, 0.6) is 0 Å². The quantitative estimate of drug-likeness (QED) is 0.249. The number of nitrogens with zero attached hydrogens (tertiary/aromatic N) is 3. The first-order valence-electron chi connectivity index (χ1n) is 13.8. The van der Waals surface area contributed by atoms with Crippen molar-refractivity contribution in [3.05, 3.63) is 107 Å². The summed E-state index contributed by atoms with van der Waals surface area (Å²) in [7, 11) is 0. The number of fused-ring (bicyclic) bond motifs is 1. The Balaban J connectivity index is 1.33. The smallest absolute Gasteiger partial charge is 0.290 e. The Hall–Kier alpha value is -4.78. The Morgan fingerprint density at radius 3 is 2.45 bits per heavy atom. The molecule has 0 saturated heterocycles. The average molecular weight is 530 g/mol. The summed E-state index contributed by atoms with van der Waals surface area (Å²) in [5, 5.41) is 12.1. The van der Waals surface area contributed by atoms with Gasteiger partial charge in [0.1, 0.15) is 5.69 Å². The fourth-order valence-corrected chi connectivity index (χ4v) is 5.38. The van der Waals surface area contributed by atoms with E-state index in [1.165, 1.54) is 17.5 Å². The number of amides is 1. The van der Waals surface area contributed by atoms with Crippen LogP contribution in [0.25, 0.3) is 33.3 Å². The van der Waals surface area contributed by atoms with Crippen LogP contribution in [0.3, 0.4) is 0 Å². The highest BCUT2D eigenvalue weighted by Crippen LogP contribution is 2.29. The summed E-state index contributed by atoms with van der Waals surface area (Å²) >= 11 is 0. The largest absolute Gasteiger partial charge is 0.350 e. The molecule has 0 bridgehead atoms. The van der Waals surface area contributed by atoms with Gasteiger partial charge in [-0.2, -0.15) is 5.10 Å². The second-order valence-electron chi connectivity index (χ2n) is 10.2. The predicted molar refractivity (Wildman–Crippen MR) is 160 cm³/mol. The van der Waals surface area contributed by atoms with E-state index in [1.54, 1.807) is 12.3 Å². The van der Waals surface area contributed by atoms with E-state index in [0.29, 0.717) is 23.5 Å². The number of hydrogen-bond acceptors (Lipinski definition) is 5. The number of aryl methyl sites for hydroxylation is 1. The summed E-state index contributed by atoms with van der Waals surface area (Å²) in [6.07, 6.45) is 6.20. The number of anilines is 2. The van der Waals surface area contributed by atoms with E-state index in [0.717, 1.165) is 46.1 Å². The molecule has 6 rings (SSSR count). The third-order valence-electron chi connectivity index (χ3n) is 7.50. The molecule has 2 heterocycles. The first-order valence-corrected chi connectivity index (χ1v) is 13.8. The van der Waals surface area contributed by atoms with Crippen LogP contribution in [0.4, 0.5) is 11.4 Å². The Bertz CT molecular complexity index is 1750. The fraction of sp³-hybridized carbons (Fsp3) is 0.212. The molecule has 1 aliphatic carbocycles. The first-order chi connectivity index (χ1) is 19.6. The lowest BCUT2D eigenvalue weighted by atomic mass is 9.99. The Labute approximate surface area is 232 Å². The van der Waals surface area contributed by atoms with E-state index in [2.05, 4.69) is 20.7 Å². The van der Waals surface area contributed by atoms with Crippen molar-refractivity contribution < 1.29 is 4.79 Å². The molecule has 0 unspecified atom stereocenters. The minimum absolute atomic E-state index is 0.0269. The lowest BCUT2D eigenvalue weighted by Gasteiger charge is -2.14. The van der Waals surface area contributed by atoms with Gasteiger partial charge in [0, 0.05) is 41.0 Å². The molecular weight excluding hydrogens is 498 g/mol. The molecule has 0 aliphatic heterocycles. The SMILES string of the molecule is CCn1nc(-c2cccc(-c3cccc(C(=O)NC4CCCC4)c3)c2)cc(Nc2cccc3ncccc23)c1=O. The van der Waals surface area contributed by atoms with Crippen molar-refractivity contribution in [2.24, 2.45) is 0 Å². The number of benzene rings is 3. The molecule has 7 nitrogen and oxygen atoms in total. The third kappa shape index (κ3) is 5.23. The van der Waals surface area contributed by atoms with Crippen molar-refractivity contribution in [3.63, 3.8) is 0 Å². The highest BCUT2D eigenvalue weighted by molar-refractivity contribution is 5.96. The topological polar surface area (TPSA) is 88.9 Å². The van der Waals surface area contributed by atoms with Crippen molar-refractivity contribution in [3.8, 4) is 22.4 Å². The van der Waals surface area contributed by atoms with Crippen LogP contribution in [-0.4, -0.2) is 26.7 Å². The summed E-state index contributed by atoms with van der Waals surface area (Å²) in [4.78, 5) is 30.5. The summed E-state index contributed by atoms with van der Waals surface area (Å²) in [6, 6.07) is 27.5. The summed E-state index contributed by atoms with van der Waals surface area (Å²) in [5.74, 6) is -0.0269. The van der Waals surface area contributed by atoms with Gasteiger partial charge in [0.05, 0.1) is 11.2 Å². The molecule has 2 aromatic heterocycles. The highest BCUT2D eigenvalue weighted by atomic mass is 16.1. The lowest BCUT2D eigenvalue weighted by molar-refractivity contribution is 0.0938. The van der Waals surface area contributed by atoms with Gasteiger partial charge in [0.2, 0.25) is 0 Å². The van der Waals surface area contributed by atoms with Crippen LogP contribution < -0.4 is 16.2 Å². The number of carbonyl (C=O) groups is 1. The van der Waals surface area contributed by atoms with Gasteiger partial charge >= 0.3 is 0 Å². The highest BCUT2D eigenvalue weighted by Gasteiger charge is 2.18. The molecule has 7 heteroatoms. The van der Waals surface area contributed by atoms with Crippen molar-refractivity contribution >= 4 is 28.2 Å². The van der Waals surface area contributed by atoms with Gasteiger partial charge in [-0.1, -0.05) is 49.2 Å². The number of rotatable bonds is 7. The zero-order valence-corrected chi connectivity index (χ0v) is 22.4. The third-order valence-corrected chi connectivity index (χ3v) is 7.50. The monoisotopic (exact) mass is 529 g/mol. The minimum atomic E-state index is -0.190. The van der Waals surface area contributed by atoms with Gasteiger partial charge < -0.3 is 10.6 Å². The summed E-state index contributed by atoms with van der Waals surface area (Å²) in [5.41, 5.74) is 6.05. The Kier molecular flexibility index (Phi) is 7.10. The molecule has 2 N–H and O–H groups in total. The molecule has 0 spiro atoms. The van der Waals surface area contributed by atoms with Crippen LogP contribution in [-0.2, 0) is 6.54 Å². The molecule has 1 fully saturated rings. The second-order valence-corrected chi connectivity index (χ2v) is 10.2. The number of aromatic nitrogens is 3. The van der Waals surface area contributed by atoms with Crippen LogP contribution in [0.2, 0.25) is 0 Å². The maximum atomic E-state index is 13.2. The Morgan fingerprint density at radius 1 is 0.875 bits per heavy atom. The van der Waals surface area contributed by atoms with Crippen molar-refractivity contribution in [1.29, 1.82) is 0 Å². The number of nitrogens with one attached hydrogen (secondary N) is 2. The van der Waals surface area contributed by atoms with Crippen LogP contribution in [0.1, 0.15) is 43.0 Å². The molecule has 0 radical (unpaired) electrons. The van der Waals surface area contributed by atoms with Crippen LogP contribution in [0, 0.1) is 0 Å². The fourth-order valence-electron chi connectivity index (χ4n) is 5.38. The van der Waals surface area contributed by atoms with E-state index >= 15 is 0 Å². The molecule has 3 aromatic carbocycles. The predicted octanol–water partition coefficient (Wildman–Crippen LogP) is 6.56. The van der Waals surface area contributed by atoms with Gasteiger partial charge in [0.25, 0.3) is 11.5 Å². The van der Waals surface area contributed by atoms with Crippen molar-refractivity contribution in [1.82, 2.24) is 20.1 Å². The first kappa shape index (κ1) is 25.5. The van der Waals surface area contributed by atoms with Gasteiger partial charge in [-0.25, -0.2) is 4.68 Å². The molecule has 1 amide bonds. The molecule has 1 saturated carbocycles. The number of carbonyl (C=O) groups excluding carboxylic acids is 1. The maximum absolute atomic E-state index is 13.2. The second kappa shape index (κ2) is 11.1. The van der Waals surface area contributed by atoms with Crippen molar-refractivity contribution in [2.75, 3.05) is 5.32 Å². The Morgan fingerprint density at radius 2 is 1.62 bits per heavy atom. The van der Waals surface area contributed by atoms with Crippen molar-refractivity contribution in [2.45, 2.75) is 45.2 Å². The van der Waals surface area contributed by atoms with Gasteiger partial charge in [-0.15, -0.1) is 0 Å². The summed E-state index contributed by atoms with van der Waals surface area (Å²) < 4.78 is 1.47. The van der Waals surface area contributed by atoms with E-state index in [-0.39, 0.29) is 17.5 Å². The zero-order chi connectivity index (χ0) is 27.5. The van der Waals surface area contributed by atoms with Crippen LogP contribution >= 0.6 is 0 Å². The standard InChI is InChI=1S/C33H31N5O2/c1-2-38-33(40)31(36-29-17-7-16-28-27(29)15-8-18-34-28)21-30(37-38)24-11-5-9-22(19-24)23-10-6-12-25(20-23)32(39)35-26-13-3-4-14-26/h5-12,15-21,26,36H,2-4,13-14H2,1H3,(H,35,39). The number of hydrogen-bond donors (Lipinski definition) is 2. The van der Waals surface area contributed by atoms with E-state index in [4.69, 9.17) is 0 Å². The average Bonchev–Trinajstić information content (AvgIpc) is 3.51. The molecule has 200 valence electrons. The normalized spacial score (nSPS) is 13.4. The molecular formula is C33H31N5O2.